The number of sulfonamides is 1. The summed E-state index contributed by atoms with van der Waals surface area (Å²) in [5.41, 5.74) is 1.33. The van der Waals surface area contributed by atoms with Gasteiger partial charge in [-0.3, -0.25) is 4.72 Å². The first-order valence-electron chi connectivity index (χ1n) is 7.82. The number of fused-ring (bicyclic) bond motifs is 1. The van der Waals surface area contributed by atoms with Crippen LogP contribution in [0.1, 0.15) is 13.3 Å². The second-order valence-electron chi connectivity index (χ2n) is 5.41. The molecule has 0 aliphatic heterocycles. The predicted octanol–water partition coefficient (Wildman–Crippen LogP) is 5.26. The van der Waals surface area contributed by atoms with Crippen LogP contribution >= 0.6 is 34.7 Å². The Balaban J connectivity index is 1.91. The van der Waals surface area contributed by atoms with E-state index in [0.29, 0.717) is 10.7 Å². The standard InChI is InChI=1S/C17H17ClN2O3S3/c1-3-8-24-17-19-13-6-5-12(10-15(13)25-17)20-26(21,22)16-9-11(18)4-7-14(16)23-2/h4-7,9-10,20H,3,8H2,1-2H3. The van der Waals surface area contributed by atoms with Crippen LogP contribution in [0.15, 0.2) is 45.6 Å². The molecule has 0 radical (unpaired) electrons. The van der Waals surface area contributed by atoms with E-state index in [1.807, 2.05) is 6.07 Å². The van der Waals surface area contributed by atoms with E-state index in [4.69, 9.17) is 16.3 Å². The van der Waals surface area contributed by atoms with Gasteiger partial charge < -0.3 is 4.74 Å². The molecule has 0 spiro atoms. The molecule has 2 aromatic carbocycles. The Labute approximate surface area is 165 Å². The third-order valence-electron chi connectivity index (χ3n) is 3.47. The van der Waals surface area contributed by atoms with Crippen LogP contribution in [0.25, 0.3) is 10.2 Å². The van der Waals surface area contributed by atoms with Gasteiger partial charge in [0.1, 0.15) is 10.6 Å². The molecule has 0 amide bonds. The van der Waals surface area contributed by atoms with Crippen LogP contribution in [0.5, 0.6) is 5.75 Å². The van der Waals surface area contributed by atoms with E-state index >= 15 is 0 Å². The number of methoxy groups -OCH3 is 1. The number of hydrogen-bond donors (Lipinski definition) is 1. The SMILES string of the molecule is CCCSc1nc2ccc(NS(=O)(=O)c3cc(Cl)ccc3OC)cc2s1. The lowest BCUT2D eigenvalue weighted by molar-refractivity contribution is 0.403. The number of nitrogens with one attached hydrogen (secondary N) is 1. The van der Waals surface area contributed by atoms with Gasteiger partial charge in [0.25, 0.3) is 10.0 Å². The summed E-state index contributed by atoms with van der Waals surface area (Å²) in [4.78, 5) is 4.55. The first-order valence-corrected chi connectivity index (χ1v) is 11.5. The van der Waals surface area contributed by atoms with Gasteiger partial charge in [-0.15, -0.1) is 11.3 Å². The first kappa shape index (κ1) is 19.3. The normalized spacial score (nSPS) is 11.7. The van der Waals surface area contributed by atoms with Gasteiger partial charge in [0, 0.05) is 10.8 Å². The molecule has 1 N–H and O–H groups in total. The Morgan fingerprint density at radius 2 is 2.08 bits per heavy atom. The number of halogens is 1. The molecule has 0 saturated heterocycles. The highest BCUT2D eigenvalue weighted by Gasteiger charge is 2.20. The molecule has 5 nitrogen and oxygen atoms in total. The number of benzene rings is 2. The Kier molecular flexibility index (Phi) is 5.96. The minimum Gasteiger partial charge on any atom is -0.495 e. The van der Waals surface area contributed by atoms with Gasteiger partial charge in [-0.05, 0) is 42.8 Å². The lowest BCUT2D eigenvalue weighted by Gasteiger charge is -2.12. The van der Waals surface area contributed by atoms with E-state index in [1.165, 1.54) is 19.2 Å². The summed E-state index contributed by atoms with van der Waals surface area (Å²) in [7, 11) is -2.42. The lowest BCUT2D eigenvalue weighted by atomic mass is 10.3. The van der Waals surface area contributed by atoms with Crippen molar-refractivity contribution < 1.29 is 13.2 Å². The fraction of sp³-hybridized carbons (Fsp3) is 0.235. The molecule has 3 rings (SSSR count). The van der Waals surface area contributed by atoms with Crippen LogP contribution in [0.2, 0.25) is 5.02 Å². The fourth-order valence-electron chi connectivity index (χ4n) is 2.29. The second kappa shape index (κ2) is 8.04. The van der Waals surface area contributed by atoms with Crippen molar-refractivity contribution in [3.8, 4) is 5.75 Å². The molecule has 0 aliphatic carbocycles. The number of hydrogen-bond acceptors (Lipinski definition) is 6. The van der Waals surface area contributed by atoms with Crippen LogP contribution in [0.4, 0.5) is 5.69 Å². The molecule has 138 valence electrons. The summed E-state index contributed by atoms with van der Waals surface area (Å²) in [6.07, 6.45) is 1.08. The van der Waals surface area contributed by atoms with Crippen molar-refractivity contribution >= 4 is 60.6 Å². The highest BCUT2D eigenvalue weighted by Crippen LogP contribution is 2.33. The number of thioether (sulfide) groups is 1. The number of anilines is 1. The summed E-state index contributed by atoms with van der Waals surface area (Å²) in [6.45, 7) is 2.12. The molecular weight excluding hydrogens is 412 g/mol. The van der Waals surface area contributed by atoms with Crippen LogP contribution in [0, 0.1) is 0 Å². The monoisotopic (exact) mass is 428 g/mol. The smallest absolute Gasteiger partial charge is 0.265 e. The Morgan fingerprint density at radius 1 is 1.27 bits per heavy atom. The summed E-state index contributed by atoms with van der Waals surface area (Å²) in [6, 6.07) is 9.78. The maximum atomic E-state index is 12.8. The highest BCUT2D eigenvalue weighted by atomic mass is 35.5. The Morgan fingerprint density at radius 3 is 2.81 bits per heavy atom. The minimum absolute atomic E-state index is 0.00362. The van der Waals surface area contributed by atoms with Gasteiger partial charge in [0.2, 0.25) is 0 Å². The van der Waals surface area contributed by atoms with Gasteiger partial charge >= 0.3 is 0 Å². The van der Waals surface area contributed by atoms with Gasteiger partial charge in [0.05, 0.1) is 23.0 Å². The molecule has 0 bridgehead atoms. The molecule has 0 saturated carbocycles. The van der Waals surface area contributed by atoms with E-state index in [2.05, 4.69) is 16.6 Å². The van der Waals surface area contributed by atoms with E-state index in [-0.39, 0.29) is 10.6 Å². The molecular formula is C17H17ClN2O3S3. The molecule has 0 atom stereocenters. The van der Waals surface area contributed by atoms with Crippen LogP contribution in [-0.2, 0) is 10.0 Å². The van der Waals surface area contributed by atoms with Crippen molar-refractivity contribution in [3.05, 3.63) is 41.4 Å². The molecule has 0 fully saturated rings. The number of rotatable bonds is 7. The van der Waals surface area contributed by atoms with Crippen molar-refractivity contribution in [2.24, 2.45) is 0 Å². The van der Waals surface area contributed by atoms with Crippen molar-refractivity contribution in [1.82, 2.24) is 4.98 Å². The summed E-state index contributed by atoms with van der Waals surface area (Å²) >= 11 is 9.21. The number of ether oxygens (including phenoxy) is 1. The number of aromatic nitrogens is 1. The molecule has 1 aromatic heterocycles. The molecule has 26 heavy (non-hydrogen) atoms. The molecule has 0 unspecified atom stereocenters. The molecule has 1 heterocycles. The number of nitrogens with zero attached hydrogens (tertiary/aromatic N) is 1. The van der Waals surface area contributed by atoms with E-state index < -0.39 is 10.0 Å². The van der Waals surface area contributed by atoms with Gasteiger partial charge in [0.15, 0.2) is 4.34 Å². The zero-order valence-corrected chi connectivity index (χ0v) is 17.4. The molecule has 3 aromatic rings. The zero-order chi connectivity index (χ0) is 18.7. The van der Waals surface area contributed by atoms with E-state index in [9.17, 15) is 8.42 Å². The second-order valence-corrected chi connectivity index (χ2v) is 9.87. The maximum absolute atomic E-state index is 12.8. The largest absolute Gasteiger partial charge is 0.495 e. The van der Waals surface area contributed by atoms with Crippen molar-refractivity contribution in [2.75, 3.05) is 17.6 Å². The molecule has 0 aliphatic rings. The van der Waals surface area contributed by atoms with E-state index in [1.54, 1.807) is 41.3 Å². The van der Waals surface area contributed by atoms with Gasteiger partial charge in [-0.1, -0.05) is 30.3 Å². The Bertz CT molecular complexity index is 1030. The lowest BCUT2D eigenvalue weighted by Crippen LogP contribution is -2.14. The predicted molar refractivity (Wildman–Crippen MR) is 109 cm³/mol. The van der Waals surface area contributed by atoms with Crippen LogP contribution in [-0.4, -0.2) is 26.3 Å². The van der Waals surface area contributed by atoms with Crippen molar-refractivity contribution in [2.45, 2.75) is 22.6 Å². The summed E-state index contributed by atoms with van der Waals surface area (Å²) in [5.74, 6) is 1.24. The third-order valence-corrected chi connectivity index (χ3v) is 7.47. The molecule has 9 heteroatoms. The number of thiazole rings is 1. The third kappa shape index (κ3) is 4.25. The van der Waals surface area contributed by atoms with Crippen molar-refractivity contribution in [1.29, 1.82) is 0 Å². The summed E-state index contributed by atoms with van der Waals surface area (Å²) < 4.78 is 35.2. The average molecular weight is 429 g/mol. The zero-order valence-electron chi connectivity index (χ0n) is 14.2. The summed E-state index contributed by atoms with van der Waals surface area (Å²) in [5, 5.41) is 0.321. The average Bonchev–Trinajstić information content (AvgIpc) is 3.01. The van der Waals surface area contributed by atoms with Crippen LogP contribution < -0.4 is 9.46 Å². The first-order chi connectivity index (χ1) is 12.4. The van der Waals surface area contributed by atoms with Gasteiger partial charge in [-0.2, -0.15) is 0 Å². The maximum Gasteiger partial charge on any atom is 0.265 e. The van der Waals surface area contributed by atoms with E-state index in [0.717, 1.165) is 26.7 Å². The Hall–Kier alpha value is -1.48. The van der Waals surface area contributed by atoms with Gasteiger partial charge in [-0.25, -0.2) is 13.4 Å². The van der Waals surface area contributed by atoms with Crippen molar-refractivity contribution in [3.63, 3.8) is 0 Å². The highest BCUT2D eigenvalue weighted by molar-refractivity contribution is 8.01. The van der Waals surface area contributed by atoms with Crippen LogP contribution in [0.3, 0.4) is 0 Å². The topological polar surface area (TPSA) is 68.3 Å². The quantitative estimate of drug-likeness (QED) is 0.519. The fourth-order valence-corrected chi connectivity index (χ4v) is 5.80. The minimum atomic E-state index is -3.84.